The highest BCUT2D eigenvalue weighted by Crippen LogP contribution is 2.34. The zero-order valence-electron chi connectivity index (χ0n) is 19.3. The second-order valence-electron chi connectivity index (χ2n) is 8.16. The molecule has 4 N–H and O–H groups in total. The Bertz CT molecular complexity index is 1420. The van der Waals surface area contributed by atoms with Gasteiger partial charge in [-0.3, -0.25) is 9.08 Å². The molecule has 0 aliphatic carbocycles. The molecule has 0 amide bonds. The van der Waals surface area contributed by atoms with Gasteiger partial charge in [-0.25, -0.2) is 14.2 Å². The topological polar surface area (TPSA) is 133 Å². The van der Waals surface area contributed by atoms with Crippen LogP contribution in [-0.2, 0) is 18.0 Å². The summed E-state index contributed by atoms with van der Waals surface area (Å²) in [5, 5.41) is 30.7. The summed E-state index contributed by atoms with van der Waals surface area (Å²) in [6, 6.07) is 1.86. The number of aliphatic hydroxyl groups excluding tert-OH is 1. The van der Waals surface area contributed by atoms with E-state index in [1.165, 1.54) is 11.3 Å². The van der Waals surface area contributed by atoms with E-state index in [1.807, 2.05) is 36.8 Å². The summed E-state index contributed by atoms with van der Waals surface area (Å²) in [5.74, 6) is 0.568. The van der Waals surface area contributed by atoms with Crippen molar-refractivity contribution in [1.29, 1.82) is 0 Å². The summed E-state index contributed by atoms with van der Waals surface area (Å²) in [4.78, 5) is 9.53. The van der Waals surface area contributed by atoms with Crippen LogP contribution >= 0.6 is 11.3 Å². The Kier molecular flexibility index (Phi) is 6.77. The van der Waals surface area contributed by atoms with Gasteiger partial charge in [0.15, 0.2) is 22.5 Å². The molecule has 0 spiro atoms. The minimum absolute atomic E-state index is 0.106. The van der Waals surface area contributed by atoms with Crippen molar-refractivity contribution in [1.82, 2.24) is 33.9 Å². The first-order valence-corrected chi connectivity index (χ1v) is 13.0. The minimum Gasteiger partial charge on any atom is -0.395 e. The van der Waals surface area contributed by atoms with Crippen LogP contribution in [0, 0.1) is 6.92 Å². The number of anilines is 2. The first-order valence-electron chi connectivity index (χ1n) is 11.1. The third kappa shape index (κ3) is 4.78. The van der Waals surface area contributed by atoms with Crippen molar-refractivity contribution in [2.24, 2.45) is 7.05 Å². The van der Waals surface area contributed by atoms with Crippen molar-refractivity contribution in [2.75, 3.05) is 31.6 Å². The largest absolute Gasteiger partial charge is 0.395 e. The Hall–Kier alpha value is -2.94. The van der Waals surface area contributed by atoms with Crippen LogP contribution in [0.3, 0.4) is 0 Å². The molecular weight excluding hydrogens is 488 g/mol. The second kappa shape index (κ2) is 9.97. The smallest absolute Gasteiger partial charge is 0.181 e. The van der Waals surface area contributed by atoms with E-state index < -0.39 is 11.0 Å². The Morgan fingerprint density at radius 1 is 1.34 bits per heavy atom. The van der Waals surface area contributed by atoms with E-state index in [1.54, 1.807) is 17.1 Å². The van der Waals surface area contributed by atoms with Gasteiger partial charge < -0.3 is 20.9 Å². The zero-order valence-corrected chi connectivity index (χ0v) is 20.9. The molecule has 184 valence electrons. The summed E-state index contributed by atoms with van der Waals surface area (Å²) in [6.07, 6.45) is 10.7. The van der Waals surface area contributed by atoms with Crippen LogP contribution in [0.25, 0.3) is 22.5 Å². The third-order valence-corrected chi connectivity index (χ3v) is 8.43. The van der Waals surface area contributed by atoms with E-state index in [0.29, 0.717) is 20.1 Å². The Labute approximate surface area is 208 Å². The molecule has 0 aromatic carbocycles. The molecule has 0 radical (unpaired) electrons. The van der Waals surface area contributed by atoms with Crippen molar-refractivity contribution in [3.8, 4) is 11.3 Å². The molecule has 35 heavy (non-hydrogen) atoms. The maximum Gasteiger partial charge on any atom is 0.181 e. The van der Waals surface area contributed by atoms with Crippen LogP contribution in [0.15, 0.2) is 41.1 Å². The van der Waals surface area contributed by atoms with Gasteiger partial charge in [0.05, 0.1) is 41.9 Å². The van der Waals surface area contributed by atoms with Crippen molar-refractivity contribution < 1.29 is 14.5 Å². The predicted octanol–water partition coefficient (Wildman–Crippen LogP) is 2.33. The molecule has 11 nitrogen and oxygen atoms in total. The van der Waals surface area contributed by atoms with Crippen LogP contribution in [0.5, 0.6) is 0 Å². The number of nitrogens with one attached hydrogen (secondary N) is 2. The number of fused-ring (bicyclic) bond motifs is 1. The van der Waals surface area contributed by atoms with Crippen molar-refractivity contribution in [3.05, 3.63) is 48.2 Å². The molecule has 4 aromatic rings. The predicted molar refractivity (Wildman–Crippen MR) is 135 cm³/mol. The molecule has 0 saturated heterocycles. The normalized spacial score (nSPS) is 15.1. The standard InChI is InChI=1S/C22H26N8O3S2/c1-14-8-19(34-22(14)35(33)30(32)6-7-31)27-20-21-24-11-18(16-10-25-28(2)12-16)29(21)13-17(26-20)15-4-3-5-23-9-15/h4,8,10-13,23,31-32H,3,5-7,9H2,1-2H3,(H,26,27). The lowest BCUT2D eigenvalue weighted by molar-refractivity contribution is -0.00248. The molecule has 0 fully saturated rings. The molecule has 5 heterocycles. The summed E-state index contributed by atoms with van der Waals surface area (Å²) in [5.41, 5.74) is 5.19. The van der Waals surface area contributed by atoms with E-state index in [2.05, 4.69) is 26.8 Å². The highest BCUT2D eigenvalue weighted by Gasteiger charge is 2.21. The Morgan fingerprint density at radius 2 is 2.20 bits per heavy atom. The molecular formula is C22H26N8O3S2. The summed E-state index contributed by atoms with van der Waals surface area (Å²) >= 11 is 1.26. The van der Waals surface area contributed by atoms with Gasteiger partial charge in [-0.1, -0.05) is 6.08 Å². The number of hydrogen-bond acceptors (Lipinski definition) is 9. The fourth-order valence-electron chi connectivity index (χ4n) is 3.91. The number of aromatic nitrogens is 5. The number of thiophene rings is 1. The van der Waals surface area contributed by atoms with Gasteiger partial charge in [-0.05, 0) is 37.1 Å². The van der Waals surface area contributed by atoms with E-state index in [-0.39, 0.29) is 13.2 Å². The van der Waals surface area contributed by atoms with Gasteiger partial charge in [-0.2, -0.15) is 5.10 Å². The van der Waals surface area contributed by atoms with Gasteiger partial charge >= 0.3 is 0 Å². The summed E-state index contributed by atoms with van der Waals surface area (Å²) in [6.45, 7) is 3.10. The maximum atomic E-state index is 12.7. The second-order valence-corrected chi connectivity index (χ2v) is 10.8. The summed E-state index contributed by atoms with van der Waals surface area (Å²) in [7, 11) is 0.0838. The number of rotatable bonds is 8. The number of imidazole rings is 1. The quantitative estimate of drug-likeness (QED) is 0.263. The molecule has 4 aromatic heterocycles. The molecule has 0 saturated carbocycles. The van der Waals surface area contributed by atoms with Crippen LogP contribution in [0.2, 0.25) is 0 Å². The highest BCUT2D eigenvalue weighted by atomic mass is 32.2. The van der Waals surface area contributed by atoms with E-state index in [4.69, 9.17) is 10.1 Å². The minimum atomic E-state index is -1.79. The highest BCUT2D eigenvalue weighted by molar-refractivity contribution is 7.85. The molecule has 1 unspecified atom stereocenters. The number of hydrogen-bond donors (Lipinski definition) is 4. The van der Waals surface area contributed by atoms with Crippen LogP contribution in [0.4, 0.5) is 10.8 Å². The van der Waals surface area contributed by atoms with Gasteiger partial charge in [0.2, 0.25) is 0 Å². The monoisotopic (exact) mass is 514 g/mol. The Balaban J connectivity index is 1.57. The third-order valence-electron chi connectivity index (χ3n) is 5.60. The number of aryl methyl sites for hydroxylation is 2. The van der Waals surface area contributed by atoms with Crippen molar-refractivity contribution >= 4 is 44.4 Å². The van der Waals surface area contributed by atoms with E-state index in [9.17, 15) is 9.42 Å². The Morgan fingerprint density at radius 3 is 2.91 bits per heavy atom. The van der Waals surface area contributed by atoms with Gasteiger partial charge in [0, 0.05) is 31.5 Å². The first-order chi connectivity index (χ1) is 16.9. The molecule has 5 rings (SSSR count). The van der Waals surface area contributed by atoms with Gasteiger partial charge in [0.25, 0.3) is 0 Å². The summed E-state index contributed by atoms with van der Waals surface area (Å²) < 4.78 is 17.5. The van der Waals surface area contributed by atoms with Crippen molar-refractivity contribution in [2.45, 2.75) is 17.6 Å². The fourth-order valence-corrected chi connectivity index (χ4v) is 6.30. The average molecular weight is 515 g/mol. The first kappa shape index (κ1) is 23.8. The van der Waals surface area contributed by atoms with Gasteiger partial charge in [-0.15, -0.1) is 15.8 Å². The van der Waals surface area contributed by atoms with E-state index >= 15 is 0 Å². The number of nitrogens with zero attached hydrogens (tertiary/aromatic N) is 6. The fraction of sp³-hybridized carbons (Fsp3) is 0.318. The molecule has 1 aliphatic rings. The van der Waals surface area contributed by atoms with Gasteiger partial charge in [0.1, 0.15) is 4.21 Å². The van der Waals surface area contributed by atoms with Crippen molar-refractivity contribution in [3.63, 3.8) is 0 Å². The molecule has 0 bridgehead atoms. The SMILES string of the molecule is Cc1cc(Nc2nc(C3=CCCNC3)cn3c(-c4cnn(C)c4)cnc23)sc1S(=O)N(O)CCO. The lowest BCUT2D eigenvalue weighted by atomic mass is 10.1. The number of aliphatic hydroxyl groups is 1. The molecule has 1 atom stereocenters. The molecule has 13 heteroatoms. The van der Waals surface area contributed by atoms with E-state index in [0.717, 1.165) is 52.6 Å². The maximum absolute atomic E-state index is 12.7. The lowest BCUT2D eigenvalue weighted by Gasteiger charge is -2.16. The van der Waals surface area contributed by atoms with Crippen LogP contribution in [-0.4, -0.2) is 69.4 Å². The molecule has 1 aliphatic heterocycles. The lowest BCUT2D eigenvalue weighted by Crippen LogP contribution is -2.25. The average Bonchev–Trinajstić information content (AvgIpc) is 3.57. The van der Waals surface area contributed by atoms with Crippen LogP contribution < -0.4 is 10.6 Å². The zero-order chi connectivity index (χ0) is 24.5. The van der Waals surface area contributed by atoms with Crippen LogP contribution in [0.1, 0.15) is 17.7 Å². The number of hydroxylamine groups is 1.